The first-order valence-corrected chi connectivity index (χ1v) is 6.08. The molecule has 1 amide bonds. The van der Waals surface area contributed by atoms with E-state index in [1.54, 1.807) is 13.0 Å². The number of benzene rings is 1. The zero-order chi connectivity index (χ0) is 13.8. The predicted molar refractivity (Wildman–Crippen MR) is 67.3 cm³/mol. The first-order chi connectivity index (χ1) is 9.11. The molecule has 1 aromatic carbocycles. The van der Waals surface area contributed by atoms with Gasteiger partial charge in [0.05, 0.1) is 17.9 Å². The molecular formula is C14H14FNO3. The van der Waals surface area contributed by atoms with Crippen molar-refractivity contribution in [2.75, 3.05) is 6.61 Å². The number of rotatable bonds is 3. The van der Waals surface area contributed by atoms with Crippen LogP contribution in [0.2, 0.25) is 0 Å². The SMILES string of the molecule is CCOC(=O)C1=C(c2cccc(F)c2)NC(=O)CC1. The van der Waals surface area contributed by atoms with E-state index in [1.165, 1.54) is 18.2 Å². The summed E-state index contributed by atoms with van der Waals surface area (Å²) in [5, 5.41) is 2.62. The van der Waals surface area contributed by atoms with Crippen LogP contribution in [0.15, 0.2) is 29.8 Å². The number of halogens is 1. The number of hydrogen-bond donors (Lipinski definition) is 1. The molecule has 1 aliphatic rings. The smallest absolute Gasteiger partial charge is 0.336 e. The van der Waals surface area contributed by atoms with E-state index in [1.807, 2.05) is 0 Å². The van der Waals surface area contributed by atoms with Crippen LogP contribution in [0, 0.1) is 5.82 Å². The van der Waals surface area contributed by atoms with Gasteiger partial charge in [0, 0.05) is 12.0 Å². The fraction of sp³-hybridized carbons (Fsp3) is 0.286. The summed E-state index contributed by atoms with van der Waals surface area (Å²) in [5.41, 5.74) is 1.19. The molecule has 2 rings (SSSR count). The molecule has 0 aromatic heterocycles. The molecular weight excluding hydrogens is 249 g/mol. The molecule has 4 nitrogen and oxygen atoms in total. The lowest BCUT2D eigenvalue weighted by atomic mass is 9.98. The second kappa shape index (κ2) is 5.65. The van der Waals surface area contributed by atoms with Gasteiger partial charge in [0.1, 0.15) is 5.82 Å². The van der Waals surface area contributed by atoms with E-state index in [9.17, 15) is 14.0 Å². The number of carbonyl (C=O) groups is 2. The molecule has 0 radical (unpaired) electrons. The fourth-order valence-electron chi connectivity index (χ4n) is 1.95. The van der Waals surface area contributed by atoms with Gasteiger partial charge in [-0.05, 0) is 25.5 Å². The molecule has 0 saturated carbocycles. The summed E-state index contributed by atoms with van der Waals surface area (Å²) < 4.78 is 18.2. The van der Waals surface area contributed by atoms with Crippen molar-refractivity contribution in [1.82, 2.24) is 5.32 Å². The summed E-state index contributed by atoms with van der Waals surface area (Å²) in [6.07, 6.45) is 0.531. The molecule has 0 unspecified atom stereocenters. The number of nitrogens with one attached hydrogen (secondary N) is 1. The Morgan fingerprint density at radius 3 is 2.89 bits per heavy atom. The van der Waals surface area contributed by atoms with Crippen molar-refractivity contribution in [3.63, 3.8) is 0 Å². The highest BCUT2D eigenvalue weighted by Gasteiger charge is 2.25. The summed E-state index contributed by atoms with van der Waals surface area (Å²) in [6.45, 7) is 1.97. The Kier molecular flexibility index (Phi) is 3.94. The zero-order valence-corrected chi connectivity index (χ0v) is 10.5. The molecule has 0 fully saturated rings. The molecule has 19 heavy (non-hydrogen) atoms. The van der Waals surface area contributed by atoms with E-state index in [0.717, 1.165) is 0 Å². The number of esters is 1. The Labute approximate surface area is 110 Å². The first kappa shape index (κ1) is 13.3. The van der Waals surface area contributed by atoms with E-state index in [2.05, 4.69) is 5.32 Å². The van der Waals surface area contributed by atoms with Crippen molar-refractivity contribution >= 4 is 17.6 Å². The lowest BCUT2D eigenvalue weighted by molar-refractivity contribution is -0.138. The van der Waals surface area contributed by atoms with Gasteiger partial charge in [0.15, 0.2) is 0 Å². The largest absolute Gasteiger partial charge is 0.463 e. The minimum Gasteiger partial charge on any atom is -0.463 e. The van der Waals surface area contributed by atoms with E-state index in [4.69, 9.17) is 4.74 Å². The van der Waals surface area contributed by atoms with Crippen LogP contribution in [-0.2, 0) is 14.3 Å². The van der Waals surface area contributed by atoms with E-state index in [-0.39, 0.29) is 18.9 Å². The van der Waals surface area contributed by atoms with Crippen LogP contribution in [0.4, 0.5) is 4.39 Å². The molecule has 1 heterocycles. The quantitative estimate of drug-likeness (QED) is 0.849. The minimum atomic E-state index is -0.471. The van der Waals surface area contributed by atoms with Crippen LogP contribution >= 0.6 is 0 Å². The average molecular weight is 263 g/mol. The maximum absolute atomic E-state index is 13.2. The zero-order valence-electron chi connectivity index (χ0n) is 10.5. The number of ether oxygens (including phenoxy) is 1. The second-order valence-electron chi connectivity index (χ2n) is 4.13. The van der Waals surface area contributed by atoms with Crippen molar-refractivity contribution < 1.29 is 18.7 Å². The van der Waals surface area contributed by atoms with Crippen molar-refractivity contribution in [2.45, 2.75) is 19.8 Å². The highest BCUT2D eigenvalue weighted by Crippen LogP contribution is 2.25. The van der Waals surface area contributed by atoms with Gasteiger partial charge < -0.3 is 10.1 Å². The monoisotopic (exact) mass is 263 g/mol. The van der Waals surface area contributed by atoms with Gasteiger partial charge >= 0.3 is 5.97 Å². The third-order valence-electron chi connectivity index (χ3n) is 2.80. The van der Waals surface area contributed by atoms with Crippen LogP contribution < -0.4 is 5.32 Å². The van der Waals surface area contributed by atoms with Crippen molar-refractivity contribution in [2.24, 2.45) is 0 Å². The second-order valence-corrected chi connectivity index (χ2v) is 4.13. The third-order valence-corrected chi connectivity index (χ3v) is 2.80. The van der Waals surface area contributed by atoms with Gasteiger partial charge in [-0.1, -0.05) is 12.1 Å². The molecule has 0 atom stereocenters. The Morgan fingerprint density at radius 2 is 2.21 bits per heavy atom. The van der Waals surface area contributed by atoms with E-state index >= 15 is 0 Å². The van der Waals surface area contributed by atoms with Crippen molar-refractivity contribution in [3.8, 4) is 0 Å². The van der Waals surface area contributed by atoms with Crippen molar-refractivity contribution in [3.05, 3.63) is 41.2 Å². The molecule has 1 N–H and O–H groups in total. The predicted octanol–water partition coefficient (Wildman–Crippen LogP) is 2.01. The van der Waals surface area contributed by atoms with Gasteiger partial charge in [-0.15, -0.1) is 0 Å². The topological polar surface area (TPSA) is 55.4 Å². The van der Waals surface area contributed by atoms with Crippen LogP contribution in [0.5, 0.6) is 0 Å². The van der Waals surface area contributed by atoms with Gasteiger partial charge in [-0.3, -0.25) is 4.79 Å². The molecule has 1 aromatic rings. The summed E-state index contributed by atoms with van der Waals surface area (Å²) in [4.78, 5) is 23.3. The van der Waals surface area contributed by atoms with Crippen LogP contribution in [0.1, 0.15) is 25.3 Å². The Morgan fingerprint density at radius 1 is 1.42 bits per heavy atom. The summed E-state index contributed by atoms with van der Waals surface area (Å²) in [5.74, 6) is -1.08. The van der Waals surface area contributed by atoms with Gasteiger partial charge in [-0.25, -0.2) is 9.18 Å². The number of amides is 1. The normalized spacial score (nSPS) is 15.2. The molecule has 0 bridgehead atoms. The summed E-state index contributed by atoms with van der Waals surface area (Å²) >= 11 is 0. The van der Waals surface area contributed by atoms with Gasteiger partial charge in [0.25, 0.3) is 0 Å². The van der Waals surface area contributed by atoms with E-state index in [0.29, 0.717) is 23.3 Å². The fourth-order valence-corrected chi connectivity index (χ4v) is 1.95. The first-order valence-electron chi connectivity index (χ1n) is 6.08. The lowest BCUT2D eigenvalue weighted by Gasteiger charge is -2.20. The molecule has 0 spiro atoms. The van der Waals surface area contributed by atoms with Crippen molar-refractivity contribution in [1.29, 1.82) is 0 Å². The molecule has 5 heteroatoms. The van der Waals surface area contributed by atoms with Gasteiger partial charge in [0.2, 0.25) is 5.91 Å². The van der Waals surface area contributed by atoms with Crippen LogP contribution in [-0.4, -0.2) is 18.5 Å². The summed E-state index contributed by atoms with van der Waals surface area (Å²) in [7, 11) is 0. The summed E-state index contributed by atoms with van der Waals surface area (Å²) in [6, 6.07) is 5.75. The maximum atomic E-state index is 13.2. The number of carbonyl (C=O) groups excluding carboxylic acids is 2. The maximum Gasteiger partial charge on any atom is 0.336 e. The third kappa shape index (κ3) is 2.99. The standard InChI is InChI=1S/C14H14FNO3/c1-2-19-14(18)11-6-7-12(17)16-13(11)9-4-3-5-10(15)8-9/h3-5,8H,2,6-7H2,1H3,(H,16,17). The average Bonchev–Trinajstić information content (AvgIpc) is 2.39. The van der Waals surface area contributed by atoms with Gasteiger partial charge in [-0.2, -0.15) is 0 Å². The Balaban J connectivity index is 2.45. The molecule has 1 aliphatic heterocycles. The molecule has 0 aliphatic carbocycles. The van der Waals surface area contributed by atoms with E-state index < -0.39 is 11.8 Å². The van der Waals surface area contributed by atoms with Crippen LogP contribution in [0.25, 0.3) is 5.70 Å². The molecule has 100 valence electrons. The van der Waals surface area contributed by atoms with Crippen LogP contribution in [0.3, 0.4) is 0 Å². The highest BCUT2D eigenvalue weighted by molar-refractivity contribution is 6.03. The molecule has 0 saturated heterocycles. The Bertz CT molecular complexity index is 551. The minimum absolute atomic E-state index is 0.188. The Hall–Kier alpha value is -2.17. The lowest BCUT2D eigenvalue weighted by Crippen LogP contribution is -2.30. The highest BCUT2D eigenvalue weighted by atomic mass is 19.1. The number of hydrogen-bond acceptors (Lipinski definition) is 3.